The predicted octanol–water partition coefficient (Wildman–Crippen LogP) is 2.67. The van der Waals surface area contributed by atoms with Crippen LogP contribution in [0.15, 0.2) is 16.7 Å². The quantitative estimate of drug-likeness (QED) is 0.835. The Hall–Kier alpha value is -1.14. The van der Waals surface area contributed by atoms with E-state index in [2.05, 4.69) is 31.2 Å². The minimum absolute atomic E-state index is 0.0488. The van der Waals surface area contributed by atoms with Crippen molar-refractivity contribution in [2.45, 2.75) is 26.3 Å². The van der Waals surface area contributed by atoms with Gasteiger partial charge in [0.05, 0.1) is 0 Å². The standard InChI is InChI=1S/C13H16BrClN4O/c1-3-16-13(20)8(2)19-11(4-5-15)18-10-6-9(14)7-17-12(10)19/h6-8H,3-5H2,1-2H3,(H,16,20). The van der Waals surface area contributed by atoms with E-state index in [1.165, 1.54) is 0 Å². The topological polar surface area (TPSA) is 59.8 Å². The van der Waals surface area contributed by atoms with E-state index in [0.29, 0.717) is 24.5 Å². The SMILES string of the molecule is CCNC(=O)C(C)n1c(CCCl)nc2cc(Br)cnc21. The van der Waals surface area contributed by atoms with E-state index in [0.717, 1.165) is 15.8 Å². The lowest BCUT2D eigenvalue weighted by molar-refractivity contribution is -0.123. The summed E-state index contributed by atoms with van der Waals surface area (Å²) in [6.07, 6.45) is 2.30. The van der Waals surface area contributed by atoms with Crippen molar-refractivity contribution in [1.29, 1.82) is 0 Å². The average molecular weight is 360 g/mol. The fraction of sp³-hybridized carbons (Fsp3) is 0.462. The number of hydrogen-bond acceptors (Lipinski definition) is 3. The van der Waals surface area contributed by atoms with E-state index in [1.54, 1.807) is 6.20 Å². The highest BCUT2D eigenvalue weighted by atomic mass is 79.9. The number of rotatable bonds is 5. The van der Waals surface area contributed by atoms with Crippen LogP contribution in [0.5, 0.6) is 0 Å². The maximum atomic E-state index is 12.1. The van der Waals surface area contributed by atoms with Crippen LogP contribution < -0.4 is 5.32 Å². The third kappa shape index (κ3) is 2.96. The van der Waals surface area contributed by atoms with Crippen molar-refractivity contribution < 1.29 is 4.79 Å². The summed E-state index contributed by atoms with van der Waals surface area (Å²) in [7, 11) is 0. The van der Waals surface area contributed by atoms with Gasteiger partial charge in [0.15, 0.2) is 5.65 Å². The van der Waals surface area contributed by atoms with Crippen LogP contribution in [0.2, 0.25) is 0 Å². The van der Waals surface area contributed by atoms with Crippen LogP contribution in [0, 0.1) is 0 Å². The Morgan fingerprint density at radius 1 is 1.60 bits per heavy atom. The zero-order valence-electron chi connectivity index (χ0n) is 11.4. The van der Waals surface area contributed by atoms with Crippen molar-refractivity contribution in [3.63, 3.8) is 0 Å². The molecule has 20 heavy (non-hydrogen) atoms. The Morgan fingerprint density at radius 3 is 3.00 bits per heavy atom. The third-order valence-corrected chi connectivity index (χ3v) is 3.63. The monoisotopic (exact) mass is 358 g/mol. The molecule has 0 bridgehead atoms. The van der Waals surface area contributed by atoms with Gasteiger partial charge in [-0.15, -0.1) is 11.6 Å². The molecule has 0 aromatic carbocycles. The number of aromatic nitrogens is 3. The first-order chi connectivity index (χ1) is 9.58. The maximum absolute atomic E-state index is 12.1. The Balaban J connectivity index is 2.53. The molecule has 2 heterocycles. The first-order valence-electron chi connectivity index (χ1n) is 6.44. The molecule has 5 nitrogen and oxygen atoms in total. The molecule has 1 N–H and O–H groups in total. The molecule has 7 heteroatoms. The Labute approximate surface area is 130 Å². The van der Waals surface area contributed by atoms with Gasteiger partial charge in [0.2, 0.25) is 5.91 Å². The number of carbonyl (C=O) groups excluding carboxylic acids is 1. The van der Waals surface area contributed by atoms with Crippen molar-refractivity contribution in [2.75, 3.05) is 12.4 Å². The Kier molecular flexibility index (Phi) is 4.99. The maximum Gasteiger partial charge on any atom is 0.242 e. The molecule has 0 saturated heterocycles. The van der Waals surface area contributed by atoms with Gasteiger partial charge in [-0.05, 0) is 35.8 Å². The summed E-state index contributed by atoms with van der Waals surface area (Å²) in [4.78, 5) is 21.0. The molecule has 1 unspecified atom stereocenters. The van der Waals surface area contributed by atoms with Crippen LogP contribution in [0.4, 0.5) is 0 Å². The number of pyridine rings is 1. The van der Waals surface area contributed by atoms with Crippen molar-refractivity contribution in [3.05, 3.63) is 22.6 Å². The van der Waals surface area contributed by atoms with Crippen LogP contribution in [0.1, 0.15) is 25.7 Å². The number of nitrogens with one attached hydrogen (secondary N) is 1. The molecule has 0 saturated carbocycles. The van der Waals surface area contributed by atoms with Gasteiger partial charge < -0.3 is 9.88 Å². The second kappa shape index (κ2) is 6.54. The number of imidazole rings is 1. The molecule has 108 valence electrons. The molecule has 1 atom stereocenters. The first-order valence-corrected chi connectivity index (χ1v) is 7.77. The molecule has 0 spiro atoms. The highest BCUT2D eigenvalue weighted by Crippen LogP contribution is 2.23. The summed E-state index contributed by atoms with van der Waals surface area (Å²) in [6, 6.07) is 1.52. The first kappa shape index (κ1) is 15.3. The normalized spacial score (nSPS) is 12.6. The summed E-state index contributed by atoms with van der Waals surface area (Å²) in [5.74, 6) is 1.18. The molecular weight excluding hydrogens is 344 g/mol. The highest BCUT2D eigenvalue weighted by molar-refractivity contribution is 9.10. The van der Waals surface area contributed by atoms with E-state index in [1.807, 2.05) is 24.5 Å². The van der Waals surface area contributed by atoms with Crippen LogP contribution in [0.3, 0.4) is 0 Å². The lowest BCUT2D eigenvalue weighted by atomic mass is 10.3. The lowest BCUT2D eigenvalue weighted by Crippen LogP contribution is -2.31. The van der Waals surface area contributed by atoms with E-state index in [-0.39, 0.29) is 11.9 Å². The number of carbonyl (C=O) groups is 1. The highest BCUT2D eigenvalue weighted by Gasteiger charge is 2.21. The molecule has 2 aromatic heterocycles. The van der Waals surface area contributed by atoms with Gasteiger partial charge in [0.1, 0.15) is 17.4 Å². The van der Waals surface area contributed by atoms with Gasteiger partial charge in [0.25, 0.3) is 0 Å². The number of halogens is 2. The molecule has 2 aromatic rings. The molecule has 0 aliphatic carbocycles. The molecule has 0 fully saturated rings. The Morgan fingerprint density at radius 2 is 2.35 bits per heavy atom. The van der Waals surface area contributed by atoms with Crippen LogP contribution in [0.25, 0.3) is 11.2 Å². The number of amides is 1. The summed E-state index contributed by atoms with van der Waals surface area (Å²) >= 11 is 9.21. The van der Waals surface area contributed by atoms with E-state index < -0.39 is 0 Å². The number of aryl methyl sites for hydroxylation is 1. The summed E-state index contributed by atoms with van der Waals surface area (Å²) < 4.78 is 2.72. The van der Waals surface area contributed by atoms with Crippen molar-refractivity contribution in [3.8, 4) is 0 Å². The lowest BCUT2D eigenvalue weighted by Gasteiger charge is -2.16. The van der Waals surface area contributed by atoms with Crippen LogP contribution >= 0.6 is 27.5 Å². The van der Waals surface area contributed by atoms with Crippen molar-refractivity contribution >= 4 is 44.6 Å². The van der Waals surface area contributed by atoms with Crippen molar-refractivity contribution in [2.24, 2.45) is 0 Å². The fourth-order valence-corrected chi connectivity index (χ4v) is 2.60. The Bertz CT molecular complexity index is 628. The van der Waals surface area contributed by atoms with E-state index in [4.69, 9.17) is 11.6 Å². The minimum Gasteiger partial charge on any atom is -0.355 e. The smallest absolute Gasteiger partial charge is 0.242 e. The second-order valence-electron chi connectivity index (χ2n) is 4.40. The van der Waals surface area contributed by atoms with Crippen molar-refractivity contribution in [1.82, 2.24) is 19.9 Å². The molecule has 0 radical (unpaired) electrons. The number of likely N-dealkylation sites (N-methyl/N-ethyl adjacent to an activating group) is 1. The number of hydrogen-bond donors (Lipinski definition) is 1. The molecule has 2 rings (SSSR count). The molecule has 0 aliphatic heterocycles. The summed E-state index contributed by atoms with van der Waals surface area (Å²) in [5.41, 5.74) is 1.46. The van der Waals surface area contributed by atoms with E-state index >= 15 is 0 Å². The van der Waals surface area contributed by atoms with Gasteiger partial charge in [-0.2, -0.15) is 0 Å². The number of alkyl halides is 1. The number of fused-ring (bicyclic) bond motifs is 1. The van der Waals surface area contributed by atoms with Gasteiger partial charge in [-0.1, -0.05) is 0 Å². The molecule has 0 aliphatic rings. The largest absolute Gasteiger partial charge is 0.355 e. The second-order valence-corrected chi connectivity index (χ2v) is 5.70. The fourth-order valence-electron chi connectivity index (χ4n) is 2.11. The summed E-state index contributed by atoms with van der Waals surface area (Å²) in [5, 5.41) is 2.82. The third-order valence-electron chi connectivity index (χ3n) is 3.01. The zero-order chi connectivity index (χ0) is 14.7. The van der Waals surface area contributed by atoms with Crippen LogP contribution in [-0.4, -0.2) is 32.9 Å². The van der Waals surface area contributed by atoms with Gasteiger partial charge in [-0.3, -0.25) is 4.79 Å². The van der Waals surface area contributed by atoms with E-state index in [9.17, 15) is 4.79 Å². The molecule has 1 amide bonds. The van der Waals surface area contributed by atoms with Crippen LogP contribution in [-0.2, 0) is 11.2 Å². The molecular formula is C13H16BrClN4O. The van der Waals surface area contributed by atoms with Gasteiger partial charge in [0, 0.05) is 29.5 Å². The predicted molar refractivity (Wildman–Crippen MR) is 83.0 cm³/mol. The van der Waals surface area contributed by atoms with Gasteiger partial charge >= 0.3 is 0 Å². The number of nitrogens with zero attached hydrogens (tertiary/aromatic N) is 3. The van der Waals surface area contributed by atoms with Gasteiger partial charge in [-0.25, -0.2) is 9.97 Å². The zero-order valence-corrected chi connectivity index (χ0v) is 13.7. The minimum atomic E-state index is -0.369. The summed E-state index contributed by atoms with van der Waals surface area (Å²) in [6.45, 7) is 4.33. The average Bonchev–Trinajstić information content (AvgIpc) is 2.75.